The van der Waals surface area contributed by atoms with E-state index in [0.29, 0.717) is 31.7 Å². The van der Waals surface area contributed by atoms with Gasteiger partial charge in [-0.1, -0.05) is 83.3 Å². The summed E-state index contributed by atoms with van der Waals surface area (Å²) < 4.78 is 22.9. The Labute approximate surface area is 234 Å². The zero-order valence-corrected chi connectivity index (χ0v) is 24.4. The van der Waals surface area contributed by atoms with Gasteiger partial charge in [-0.3, -0.25) is 9.59 Å². The molecule has 1 aliphatic rings. The van der Waals surface area contributed by atoms with E-state index in [0.717, 1.165) is 63.4 Å². The molecule has 0 heterocycles. The van der Waals surface area contributed by atoms with Crippen molar-refractivity contribution in [1.29, 1.82) is 0 Å². The molecule has 5 N–H and O–H groups in total. The third kappa shape index (κ3) is 11.6. The number of thiol groups is 1. The molecule has 1 aromatic rings. The summed E-state index contributed by atoms with van der Waals surface area (Å²) in [6.07, 6.45) is 11.7. The van der Waals surface area contributed by atoms with Gasteiger partial charge in [0.15, 0.2) is 0 Å². The van der Waals surface area contributed by atoms with Crippen LogP contribution in [-0.4, -0.2) is 49.8 Å². The van der Waals surface area contributed by atoms with Crippen molar-refractivity contribution in [2.45, 2.75) is 107 Å². The average Bonchev–Trinajstić information content (AvgIpc) is 2.90. The summed E-state index contributed by atoms with van der Waals surface area (Å²) in [6, 6.07) is 5.60. The number of carbonyl (C=O) groups excluding carboxylic acids is 2. The molecule has 0 radical (unpaired) electrons. The third-order valence-corrected chi connectivity index (χ3v) is 8.80. The Bertz CT molecular complexity index is 950. The first-order valence-electron chi connectivity index (χ1n) is 14.1. The maximum Gasteiger partial charge on any atom is 0.242 e. The molecule has 38 heavy (non-hydrogen) atoms. The molecule has 1 aromatic carbocycles. The Kier molecular flexibility index (Phi) is 14.7. The van der Waals surface area contributed by atoms with Gasteiger partial charge >= 0.3 is 0 Å². The lowest BCUT2D eigenvalue weighted by Crippen LogP contribution is -2.51. The van der Waals surface area contributed by atoms with Crippen LogP contribution in [0.5, 0.6) is 0 Å². The quantitative estimate of drug-likeness (QED) is 0.144. The summed E-state index contributed by atoms with van der Waals surface area (Å²) in [7, 11) is -3.75. The van der Waals surface area contributed by atoms with Gasteiger partial charge in [-0.25, -0.2) is 13.6 Å². The summed E-state index contributed by atoms with van der Waals surface area (Å²) in [5, 5.41) is 21.6. The zero-order valence-electron chi connectivity index (χ0n) is 22.7. The van der Waals surface area contributed by atoms with Crippen molar-refractivity contribution in [2.24, 2.45) is 17.0 Å². The molecule has 10 heteroatoms. The predicted molar refractivity (Wildman–Crippen MR) is 154 cm³/mol. The lowest BCUT2D eigenvalue weighted by Gasteiger charge is -2.29. The number of unbranched alkanes of at least 4 members (excludes halogenated alkanes) is 4. The molecule has 0 aliphatic heterocycles. The number of amides is 2. The average molecular weight is 570 g/mol. The molecule has 0 spiro atoms. The second-order valence-electron chi connectivity index (χ2n) is 10.6. The van der Waals surface area contributed by atoms with Crippen LogP contribution in [0.4, 0.5) is 0 Å². The number of carbonyl (C=O) groups is 2. The molecule has 1 saturated carbocycles. The van der Waals surface area contributed by atoms with Crippen molar-refractivity contribution in [3.63, 3.8) is 0 Å². The molecule has 1 fully saturated rings. The van der Waals surface area contributed by atoms with Gasteiger partial charge in [0, 0.05) is 12.3 Å². The fourth-order valence-electron chi connectivity index (χ4n) is 5.16. The van der Waals surface area contributed by atoms with Gasteiger partial charge in [0.25, 0.3) is 0 Å². The summed E-state index contributed by atoms with van der Waals surface area (Å²) in [5.41, 5.74) is 0.866. The molecular formula is C28H47N3O5S2. The minimum absolute atomic E-state index is 0.0452. The van der Waals surface area contributed by atoms with Crippen LogP contribution in [0.2, 0.25) is 0 Å². The summed E-state index contributed by atoms with van der Waals surface area (Å²) >= 11 is 4.22. The van der Waals surface area contributed by atoms with Gasteiger partial charge in [0.2, 0.25) is 21.8 Å². The van der Waals surface area contributed by atoms with Crippen molar-refractivity contribution in [3.05, 3.63) is 29.8 Å². The number of aliphatic hydroxyl groups is 1. The van der Waals surface area contributed by atoms with E-state index in [4.69, 9.17) is 5.14 Å². The van der Waals surface area contributed by atoms with Crippen molar-refractivity contribution in [1.82, 2.24) is 10.6 Å². The largest absolute Gasteiger partial charge is 0.391 e. The van der Waals surface area contributed by atoms with Crippen LogP contribution in [-0.2, 0) is 26.0 Å². The molecule has 2 rings (SSSR count). The van der Waals surface area contributed by atoms with E-state index in [9.17, 15) is 23.1 Å². The normalized spacial score (nSPS) is 16.9. The Morgan fingerprint density at radius 3 is 2.32 bits per heavy atom. The monoisotopic (exact) mass is 569 g/mol. The van der Waals surface area contributed by atoms with E-state index in [2.05, 4.69) is 30.2 Å². The minimum atomic E-state index is -3.75. The lowest BCUT2D eigenvalue weighted by atomic mass is 9.84. The minimum Gasteiger partial charge on any atom is -0.391 e. The lowest BCUT2D eigenvalue weighted by molar-refractivity contribution is -0.133. The second-order valence-corrected chi connectivity index (χ2v) is 12.5. The van der Waals surface area contributed by atoms with Gasteiger partial charge < -0.3 is 15.7 Å². The summed E-state index contributed by atoms with van der Waals surface area (Å²) in [4.78, 5) is 26.6. The van der Waals surface area contributed by atoms with E-state index in [1.54, 1.807) is 12.1 Å². The first kappa shape index (κ1) is 32.6. The van der Waals surface area contributed by atoms with E-state index in [-0.39, 0.29) is 22.5 Å². The van der Waals surface area contributed by atoms with Gasteiger partial charge in [-0.05, 0) is 42.9 Å². The fourth-order valence-corrected chi connectivity index (χ4v) is 5.93. The summed E-state index contributed by atoms with van der Waals surface area (Å²) in [5.74, 6) is -0.527. The SMILES string of the molecule is CCCCCCCC(C(=O)N[C@@H](CC1CCCCC1)C(=O)NCCc1ccc(S(N)(=O)=O)cc1)C(O)CS. The molecule has 2 unspecified atom stereocenters. The number of nitrogens with one attached hydrogen (secondary N) is 2. The van der Waals surface area contributed by atoms with E-state index < -0.39 is 28.1 Å². The number of rotatable bonds is 17. The molecule has 0 aromatic heterocycles. The Morgan fingerprint density at radius 1 is 1.05 bits per heavy atom. The molecule has 8 nitrogen and oxygen atoms in total. The first-order chi connectivity index (χ1) is 18.2. The predicted octanol–water partition coefficient (Wildman–Crippen LogP) is 3.72. The van der Waals surface area contributed by atoms with Gasteiger partial charge in [0.05, 0.1) is 16.9 Å². The van der Waals surface area contributed by atoms with Gasteiger partial charge in [0.1, 0.15) is 6.04 Å². The highest BCUT2D eigenvalue weighted by molar-refractivity contribution is 7.89. The molecular weight excluding hydrogens is 522 g/mol. The van der Waals surface area contributed by atoms with Crippen molar-refractivity contribution < 1.29 is 23.1 Å². The molecule has 1 aliphatic carbocycles. The highest BCUT2D eigenvalue weighted by Crippen LogP contribution is 2.28. The highest BCUT2D eigenvalue weighted by Gasteiger charge is 2.31. The fraction of sp³-hybridized carbons (Fsp3) is 0.714. The number of aliphatic hydroxyl groups excluding tert-OH is 1. The molecule has 216 valence electrons. The third-order valence-electron chi connectivity index (χ3n) is 7.50. The van der Waals surface area contributed by atoms with Gasteiger partial charge in [-0.2, -0.15) is 12.6 Å². The first-order valence-corrected chi connectivity index (χ1v) is 16.3. The van der Waals surface area contributed by atoms with Crippen LogP contribution in [0.1, 0.15) is 89.5 Å². The number of hydrogen-bond donors (Lipinski definition) is 5. The highest BCUT2D eigenvalue weighted by atomic mass is 32.2. The van der Waals surface area contributed by atoms with Gasteiger partial charge in [-0.15, -0.1) is 0 Å². The van der Waals surface area contributed by atoms with Crippen molar-refractivity contribution in [2.75, 3.05) is 12.3 Å². The van der Waals surface area contributed by atoms with E-state index >= 15 is 0 Å². The molecule has 2 amide bonds. The van der Waals surface area contributed by atoms with Crippen molar-refractivity contribution >= 4 is 34.5 Å². The smallest absolute Gasteiger partial charge is 0.242 e. The maximum absolute atomic E-state index is 13.3. The number of benzene rings is 1. The second kappa shape index (κ2) is 17.2. The number of hydrogen-bond acceptors (Lipinski definition) is 6. The number of nitrogens with two attached hydrogens (primary N) is 1. The Balaban J connectivity index is 2.00. The topological polar surface area (TPSA) is 139 Å². The van der Waals surface area contributed by atoms with Crippen molar-refractivity contribution in [3.8, 4) is 0 Å². The summed E-state index contributed by atoms with van der Waals surface area (Å²) in [6.45, 7) is 2.51. The molecule has 3 atom stereocenters. The molecule has 0 bridgehead atoms. The Hall–Kier alpha value is -1.62. The van der Waals surface area contributed by atoms with Crippen LogP contribution in [0.3, 0.4) is 0 Å². The van der Waals surface area contributed by atoms with E-state index in [1.165, 1.54) is 18.6 Å². The Morgan fingerprint density at radius 2 is 1.71 bits per heavy atom. The van der Waals surface area contributed by atoms with Crippen LogP contribution < -0.4 is 15.8 Å². The van der Waals surface area contributed by atoms with Crippen LogP contribution >= 0.6 is 12.6 Å². The number of sulfonamides is 1. The van der Waals surface area contributed by atoms with Crippen LogP contribution in [0, 0.1) is 11.8 Å². The standard InChI is InChI=1S/C28H47N3O5S2/c1-2-3-4-5-9-12-24(26(32)20-37)27(33)31-25(19-22-10-7-6-8-11-22)28(34)30-18-17-21-13-15-23(16-14-21)38(29,35)36/h13-16,22,24-26,32,37H,2-12,17-20H2,1H3,(H,30,34)(H,31,33)(H2,29,35,36)/t24?,25-,26?/m0/s1. The van der Waals surface area contributed by atoms with E-state index in [1.807, 2.05) is 0 Å². The number of primary sulfonamides is 1. The van der Waals surface area contributed by atoms with Crippen LogP contribution in [0.25, 0.3) is 0 Å². The van der Waals surface area contributed by atoms with Crippen LogP contribution in [0.15, 0.2) is 29.2 Å². The molecule has 0 saturated heterocycles. The zero-order chi connectivity index (χ0) is 28.0. The maximum atomic E-state index is 13.3.